The fraction of sp³-hybridized carbons (Fsp3) is 0.333. The van der Waals surface area contributed by atoms with Gasteiger partial charge in [0.05, 0.1) is 0 Å². The summed E-state index contributed by atoms with van der Waals surface area (Å²) in [5.41, 5.74) is 2.69. The molecule has 1 aromatic rings. The van der Waals surface area contributed by atoms with Gasteiger partial charge in [-0.1, -0.05) is 6.07 Å². The van der Waals surface area contributed by atoms with Gasteiger partial charge in [-0.05, 0) is 30.5 Å². The Kier molecular flexibility index (Phi) is 1.78. The van der Waals surface area contributed by atoms with Crippen molar-refractivity contribution in [2.75, 3.05) is 11.9 Å². The molecule has 0 saturated heterocycles. The zero-order valence-corrected chi connectivity index (χ0v) is 7.20. The molecule has 0 atom stereocenters. The van der Waals surface area contributed by atoms with Crippen LogP contribution in [-0.4, -0.2) is 6.54 Å². The van der Waals surface area contributed by atoms with Crippen molar-refractivity contribution in [2.24, 2.45) is 0 Å². The zero-order chi connectivity index (χ0) is 7.68. The van der Waals surface area contributed by atoms with Crippen molar-refractivity contribution >= 4 is 18.3 Å². The van der Waals surface area contributed by atoms with Crippen molar-refractivity contribution < 1.29 is 0 Å². The summed E-state index contributed by atoms with van der Waals surface area (Å²) in [4.78, 5) is 1.04. The van der Waals surface area contributed by atoms with Crippen LogP contribution in [0.1, 0.15) is 12.0 Å². The molecule has 0 aliphatic carbocycles. The minimum atomic E-state index is 1.04. The van der Waals surface area contributed by atoms with Crippen LogP contribution >= 0.6 is 12.6 Å². The first kappa shape index (κ1) is 7.04. The van der Waals surface area contributed by atoms with E-state index in [-0.39, 0.29) is 0 Å². The summed E-state index contributed by atoms with van der Waals surface area (Å²) in [6.45, 7) is 1.10. The molecule has 0 saturated carbocycles. The lowest BCUT2D eigenvalue weighted by atomic mass is 10.0. The molecule has 58 valence electrons. The molecular formula is C9H11NS. The van der Waals surface area contributed by atoms with E-state index in [9.17, 15) is 0 Å². The van der Waals surface area contributed by atoms with Gasteiger partial charge in [-0.15, -0.1) is 12.6 Å². The number of thiol groups is 1. The average molecular weight is 165 g/mol. The van der Waals surface area contributed by atoms with E-state index in [1.54, 1.807) is 0 Å². The molecule has 1 aliphatic rings. The van der Waals surface area contributed by atoms with Gasteiger partial charge in [-0.25, -0.2) is 0 Å². The number of hydrogen-bond donors (Lipinski definition) is 2. The zero-order valence-electron chi connectivity index (χ0n) is 6.30. The van der Waals surface area contributed by atoms with Gasteiger partial charge in [0.25, 0.3) is 0 Å². The molecule has 2 heteroatoms. The molecule has 0 aromatic heterocycles. The first-order chi connectivity index (χ1) is 5.36. The lowest BCUT2D eigenvalue weighted by Crippen LogP contribution is -2.11. The largest absolute Gasteiger partial charge is 0.385 e. The molecule has 0 spiro atoms. The Morgan fingerprint density at radius 1 is 1.36 bits per heavy atom. The minimum absolute atomic E-state index is 1.04. The highest BCUT2D eigenvalue weighted by Gasteiger charge is 2.06. The van der Waals surface area contributed by atoms with Crippen LogP contribution in [0.15, 0.2) is 23.1 Å². The van der Waals surface area contributed by atoms with E-state index < -0.39 is 0 Å². The monoisotopic (exact) mass is 165 g/mol. The SMILES string of the molecule is Sc1ccc2c(c1)NCCC2. The van der Waals surface area contributed by atoms with Crippen molar-refractivity contribution in [3.05, 3.63) is 23.8 Å². The third-order valence-corrected chi connectivity index (χ3v) is 2.31. The molecule has 1 heterocycles. The second-order valence-electron chi connectivity index (χ2n) is 2.87. The van der Waals surface area contributed by atoms with E-state index in [0.717, 1.165) is 11.4 Å². The summed E-state index contributed by atoms with van der Waals surface area (Å²) in [5.74, 6) is 0. The molecule has 0 bridgehead atoms. The Morgan fingerprint density at radius 2 is 2.27 bits per heavy atom. The third kappa shape index (κ3) is 1.36. The van der Waals surface area contributed by atoms with E-state index in [4.69, 9.17) is 0 Å². The summed E-state index contributed by atoms with van der Waals surface area (Å²) in [5, 5.41) is 3.35. The van der Waals surface area contributed by atoms with Crippen LogP contribution in [0.5, 0.6) is 0 Å². The fourth-order valence-electron chi connectivity index (χ4n) is 1.45. The topological polar surface area (TPSA) is 12.0 Å². The van der Waals surface area contributed by atoms with Crippen molar-refractivity contribution in [1.29, 1.82) is 0 Å². The van der Waals surface area contributed by atoms with Gasteiger partial charge < -0.3 is 5.32 Å². The van der Waals surface area contributed by atoms with E-state index in [1.165, 1.54) is 24.1 Å². The maximum atomic E-state index is 4.28. The van der Waals surface area contributed by atoms with Crippen LogP contribution in [0.25, 0.3) is 0 Å². The molecular weight excluding hydrogens is 154 g/mol. The number of anilines is 1. The summed E-state index contributed by atoms with van der Waals surface area (Å²) in [6.07, 6.45) is 2.45. The summed E-state index contributed by atoms with van der Waals surface area (Å²) >= 11 is 4.28. The van der Waals surface area contributed by atoms with Crippen LogP contribution in [0.2, 0.25) is 0 Å². The Hall–Kier alpha value is -0.630. The standard InChI is InChI=1S/C9H11NS/c11-8-4-3-7-2-1-5-10-9(7)6-8/h3-4,6,10-11H,1-2,5H2. The van der Waals surface area contributed by atoms with Gasteiger partial charge in [-0.3, -0.25) is 0 Å². The van der Waals surface area contributed by atoms with Gasteiger partial charge in [-0.2, -0.15) is 0 Å². The quantitative estimate of drug-likeness (QED) is 0.562. The lowest BCUT2D eigenvalue weighted by molar-refractivity contribution is 0.828. The number of nitrogens with one attached hydrogen (secondary N) is 1. The highest BCUT2D eigenvalue weighted by molar-refractivity contribution is 7.80. The highest BCUT2D eigenvalue weighted by Crippen LogP contribution is 2.24. The maximum absolute atomic E-state index is 4.28. The smallest absolute Gasteiger partial charge is 0.0383 e. The van der Waals surface area contributed by atoms with Crippen LogP contribution in [-0.2, 0) is 6.42 Å². The third-order valence-electron chi connectivity index (χ3n) is 2.03. The Morgan fingerprint density at radius 3 is 3.18 bits per heavy atom. The molecule has 1 aromatic carbocycles. The van der Waals surface area contributed by atoms with E-state index >= 15 is 0 Å². The molecule has 0 amide bonds. The van der Waals surface area contributed by atoms with Crippen molar-refractivity contribution in [3.63, 3.8) is 0 Å². The molecule has 0 unspecified atom stereocenters. The number of hydrogen-bond acceptors (Lipinski definition) is 2. The predicted octanol–water partition coefficient (Wildman–Crippen LogP) is 2.33. The molecule has 0 fully saturated rings. The van der Waals surface area contributed by atoms with Gasteiger partial charge >= 0.3 is 0 Å². The second-order valence-corrected chi connectivity index (χ2v) is 3.39. The number of fused-ring (bicyclic) bond motifs is 1. The van der Waals surface area contributed by atoms with Gasteiger partial charge in [0.1, 0.15) is 0 Å². The van der Waals surface area contributed by atoms with Crippen molar-refractivity contribution in [3.8, 4) is 0 Å². The number of aryl methyl sites for hydroxylation is 1. The van der Waals surface area contributed by atoms with Gasteiger partial charge in [0.2, 0.25) is 0 Å². The first-order valence-electron chi connectivity index (χ1n) is 3.92. The van der Waals surface area contributed by atoms with Crippen LogP contribution in [0.4, 0.5) is 5.69 Å². The Labute approximate surface area is 72.2 Å². The summed E-state index contributed by atoms with van der Waals surface area (Å²) in [7, 11) is 0. The molecule has 0 radical (unpaired) electrons. The lowest BCUT2D eigenvalue weighted by Gasteiger charge is -2.17. The van der Waals surface area contributed by atoms with Crippen molar-refractivity contribution in [1.82, 2.24) is 0 Å². The molecule has 2 rings (SSSR count). The normalized spacial score (nSPS) is 15.4. The molecule has 1 aliphatic heterocycles. The predicted molar refractivity (Wildman–Crippen MR) is 50.5 cm³/mol. The highest BCUT2D eigenvalue weighted by atomic mass is 32.1. The van der Waals surface area contributed by atoms with E-state index in [0.29, 0.717) is 0 Å². The Balaban J connectivity index is 2.43. The van der Waals surface area contributed by atoms with E-state index in [1.807, 2.05) is 0 Å². The molecule has 11 heavy (non-hydrogen) atoms. The van der Waals surface area contributed by atoms with Gasteiger partial charge in [0.15, 0.2) is 0 Å². The second kappa shape index (κ2) is 2.78. The number of rotatable bonds is 0. The van der Waals surface area contributed by atoms with Crippen LogP contribution in [0.3, 0.4) is 0 Å². The summed E-state index contributed by atoms with van der Waals surface area (Å²) in [6, 6.07) is 6.30. The summed E-state index contributed by atoms with van der Waals surface area (Å²) < 4.78 is 0. The maximum Gasteiger partial charge on any atom is 0.0383 e. The fourth-order valence-corrected chi connectivity index (χ4v) is 1.65. The number of benzene rings is 1. The van der Waals surface area contributed by atoms with E-state index in [2.05, 4.69) is 36.1 Å². The Bertz CT molecular complexity index is 270. The van der Waals surface area contributed by atoms with Gasteiger partial charge in [0, 0.05) is 17.1 Å². The first-order valence-corrected chi connectivity index (χ1v) is 4.37. The molecule has 1 N–H and O–H groups in total. The van der Waals surface area contributed by atoms with Crippen LogP contribution in [0, 0.1) is 0 Å². The van der Waals surface area contributed by atoms with Crippen molar-refractivity contribution in [2.45, 2.75) is 17.7 Å². The minimum Gasteiger partial charge on any atom is -0.385 e. The average Bonchev–Trinajstić information content (AvgIpc) is 2.04. The molecule has 1 nitrogen and oxygen atoms in total. The van der Waals surface area contributed by atoms with Crippen LogP contribution < -0.4 is 5.32 Å².